The number of rotatable bonds is 6. The van der Waals surface area contributed by atoms with Crippen molar-refractivity contribution in [2.45, 2.75) is 40.2 Å². The molecule has 1 unspecified atom stereocenters. The normalized spacial score (nSPS) is 20.4. The fraction of sp³-hybridized carbons (Fsp3) is 0.524. The van der Waals surface area contributed by atoms with Gasteiger partial charge in [-0.3, -0.25) is 4.79 Å². The molecule has 2 rings (SSSR count). The van der Waals surface area contributed by atoms with Crippen LogP contribution in [0.4, 0.5) is 4.79 Å². The molecule has 0 saturated carbocycles. The van der Waals surface area contributed by atoms with E-state index in [1.807, 2.05) is 42.5 Å². The monoisotopic (exact) mass is 359 g/mol. The minimum atomic E-state index is -0.787. The van der Waals surface area contributed by atoms with E-state index in [2.05, 4.69) is 13.8 Å². The van der Waals surface area contributed by atoms with Gasteiger partial charge in [0.05, 0.1) is 6.61 Å². The van der Waals surface area contributed by atoms with E-state index in [0.29, 0.717) is 32.0 Å². The number of amides is 1. The number of nitrogens with zero attached hydrogens (tertiary/aromatic N) is 1. The molecule has 0 bridgehead atoms. The highest BCUT2D eigenvalue weighted by molar-refractivity contribution is 5.81. The Morgan fingerprint density at radius 3 is 2.62 bits per heavy atom. The van der Waals surface area contributed by atoms with Crippen LogP contribution in [0, 0.1) is 11.3 Å². The van der Waals surface area contributed by atoms with Gasteiger partial charge >= 0.3 is 12.1 Å². The molecule has 0 N–H and O–H groups in total. The van der Waals surface area contributed by atoms with Gasteiger partial charge in [-0.05, 0) is 31.2 Å². The lowest BCUT2D eigenvalue weighted by Crippen LogP contribution is -2.49. The largest absolute Gasteiger partial charge is 0.465 e. The lowest BCUT2D eigenvalue weighted by Gasteiger charge is -2.38. The molecule has 26 heavy (non-hydrogen) atoms. The van der Waals surface area contributed by atoms with Crippen LogP contribution < -0.4 is 0 Å². The molecule has 1 heterocycles. The number of allylic oxidation sites excluding steroid dienone is 1. The van der Waals surface area contributed by atoms with Crippen molar-refractivity contribution >= 4 is 12.1 Å². The lowest BCUT2D eigenvalue weighted by molar-refractivity contribution is -0.154. The summed E-state index contributed by atoms with van der Waals surface area (Å²) in [6, 6.07) is 9.57. The van der Waals surface area contributed by atoms with Crippen LogP contribution in [0.15, 0.2) is 42.5 Å². The smallest absolute Gasteiger partial charge is 0.410 e. The van der Waals surface area contributed by atoms with Crippen molar-refractivity contribution in [3.8, 4) is 0 Å². The molecule has 1 aromatic carbocycles. The summed E-state index contributed by atoms with van der Waals surface area (Å²) in [5.74, 6) is 0.0548. The number of carbonyl (C=O) groups is 2. The molecule has 5 nitrogen and oxygen atoms in total. The molecule has 142 valence electrons. The number of hydrogen-bond acceptors (Lipinski definition) is 4. The number of carbonyl (C=O) groups excluding carboxylic acids is 2. The van der Waals surface area contributed by atoms with Crippen molar-refractivity contribution in [2.24, 2.45) is 11.3 Å². The predicted molar refractivity (Wildman–Crippen MR) is 100 cm³/mol. The highest BCUT2D eigenvalue weighted by atomic mass is 16.6. The lowest BCUT2D eigenvalue weighted by atomic mass is 9.79. The second-order valence-electron chi connectivity index (χ2n) is 7.05. The Morgan fingerprint density at radius 1 is 1.23 bits per heavy atom. The summed E-state index contributed by atoms with van der Waals surface area (Å²) in [4.78, 5) is 26.8. The Bertz CT molecular complexity index is 626. The second kappa shape index (κ2) is 9.41. The van der Waals surface area contributed by atoms with Gasteiger partial charge in [0.2, 0.25) is 0 Å². The summed E-state index contributed by atoms with van der Waals surface area (Å²) >= 11 is 0. The van der Waals surface area contributed by atoms with E-state index in [0.717, 1.165) is 12.0 Å². The van der Waals surface area contributed by atoms with Crippen LogP contribution in [0.3, 0.4) is 0 Å². The fourth-order valence-corrected chi connectivity index (χ4v) is 3.07. The van der Waals surface area contributed by atoms with Crippen LogP contribution >= 0.6 is 0 Å². The van der Waals surface area contributed by atoms with Gasteiger partial charge in [0.25, 0.3) is 0 Å². The zero-order valence-electron chi connectivity index (χ0n) is 15.9. The Morgan fingerprint density at radius 2 is 1.96 bits per heavy atom. The third-order valence-electron chi connectivity index (χ3n) is 4.47. The first kappa shape index (κ1) is 20.0. The summed E-state index contributed by atoms with van der Waals surface area (Å²) in [6.45, 7) is 7.35. The zero-order valence-corrected chi connectivity index (χ0v) is 15.9. The number of ether oxygens (including phenoxy) is 2. The van der Waals surface area contributed by atoms with Gasteiger partial charge in [-0.25, -0.2) is 4.79 Å². The minimum absolute atomic E-state index is 0.227. The molecule has 0 aromatic heterocycles. The van der Waals surface area contributed by atoms with Crippen molar-refractivity contribution in [3.05, 3.63) is 48.0 Å². The average molecular weight is 359 g/mol. The average Bonchev–Trinajstić information content (AvgIpc) is 2.65. The molecule has 1 fully saturated rings. The molecule has 5 heteroatoms. The third kappa shape index (κ3) is 5.35. The van der Waals surface area contributed by atoms with Crippen LogP contribution in [0.5, 0.6) is 0 Å². The quantitative estimate of drug-likeness (QED) is 0.565. The van der Waals surface area contributed by atoms with Gasteiger partial charge in [0, 0.05) is 13.1 Å². The Hall–Kier alpha value is -2.30. The van der Waals surface area contributed by atoms with E-state index in [-0.39, 0.29) is 18.7 Å². The van der Waals surface area contributed by atoms with Gasteiger partial charge in [0.1, 0.15) is 12.0 Å². The van der Waals surface area contributed by atoms with Crippen molar-refractivity contribution < 1.29 is 19.1 Å². The summed E-state index contributed by atoms with van der Waals surface area (Å²) in [6.07, 6.45) is 4.96. The van der Waals surface area contributed by atoms with Gasteiger partial charge in [-0.2, -0.15) is 0 Å². The van der Waals surface area contributed by atoms with Crippen molar-refractivity contribution in [2.75, 3.05) is 19.7 Å². The van der Waals surface area contributed by atoms with Crippen molar-refractivity contribution in [1.29, 1.82) is 0 Å². The molecule has 0 aliphatic carbocycles. The number of benzene rings is 1. The van der Waals surface area contributed by atoms with E-state index in [1.165, 1.54) is 0 Å². The van der Waals surface area contributed by atoms with E-state index < -0.39 is 5.41 Å². The maximum atomic E-state index is 12.6. The van der Waals surface area contributed by atoms with Gasteiger partial charge in [-0.15, -0.1) is 0 Å². The Labute approximate surface area is 156 Å². The molecule has 1 aromatic rings. The van der Waals surface area contributed by atoms with Crippen LogP contribution in [0.25, 0.3) is 0 Å². The number of likely N-dealkylation sites (tertiary alicyclic amines) is 1. The van der Waals surface area contributed by atoms with Crippen LogP contribution in [-0.2, 0) is 20.9 Å². The summed E-state index contributed by atoms with van der Waals surface area (Å²) < 4.78 is 10.7. The first-order valence-electron chi connectivity index (χ1n) is 9.29. The third-order valence-corrected chi connectivity index (χ3v) is 4.47. The maximum Gasteiger partial charge on any atom is 0.410 e. The van der Waals surface area contributed by atoms with Crippen LogP contribution in [0.1, 0.15) is 39.2 Å². The fourth-order valence-electron chi connectivity index (χ4n) is 3.07. The topological polar surface area (TPSA) is 55.8 Å². The van der Waals surface area contributed by atoms with Gasteiger partial charge in [0.15, 0.2) is 0 Å². The Kier molecular flexibility index (Phi) is 7.25. The zero-order chi connectivity index (χ0) is 19.0. The molecule has 1 saturated heterocycles. The SMILES string of the molecule is CCOC(=O)C1(/C=C/C(C)C)CCCN(C(=O)OCc2ccccc2)C1. The molecule has 1 atom stereocenters. The van der Waals surface area contributed by atoms with E-state index >= 15 is 0 Å². The maximum absolute atomic E-state index is 12.6. The molecular formula is C21H29NO4. The van der Waals surface area contributed by atoms with Crippen molar-refractivity contribution in [3.63, 3.8) is 0 Å². The first-order chi connectivity index (χ1) is 12.5. The highest BCUT2D eigenvalue weighted by Gasteiger charge is 2.43. The van der Waals surface area contributed by atoms with Crippen LogP contribution in [0.2, 0.25) is 0 Å². The van der Waals surface area contributed by atoms with E-state index in [4.69, 9.17) is 9.47 Å². The molecule has 1 aliphatic heterocycles. The summed E-state index contributed by atoms with van der Waals surface area (Å²) in [7, 11) is 0. The first-order valence-corrected chi connectivity index (χ1v) is 9.29. The molecule has 0 spiro atoms. The van der Waals surface area contributed by atoms with Gasteiger partial charge in [-0.1, -0.05) is 56.3 Å². The number of esters is 1. The second-order valence-corrected chi connectivity index (χ2v) is 7.05. The number of piperidine rings is 1. The predicted octanol–water partition coefficient (Wildman–Crippen LogP) is 4.18. The molecule has 1 amide bonds. The molecular weight excluding hydrogens is 330 g/mol. The highest BCUT2D eigenvalue weighted by Crippen LogP contribution is 2.34. The van der Waals surface area contributed by atoms with E-state index in [1.54, 1.807) is 11.8 Å². The van der Waals surface area contributed by atoms with E-state index in [9.17, 15) is 9.59 Å². The van der Waals surface area contributed by atoms with Crippen LogP contribution in [-0.4, -0.2) is 36.7 Å². The minimum Gasteiger partial charge on any atom is -0.465 e. The standard InChI is InChI=1S/C21H29NO4/c1-4-25-19(23)21(13-11-17(2)3)12-8-14-22(16-21)20(24)26-15-18-9-6-5-7-10-18/h5-7,9-11,13,17H,4,8,12,14-16H2,1-3H3/b13-11+. The Balaban J connectivity index is 2.07. The summed E-state index contributed by atoms with van der Waals surface area (Å²) in [5.41, 5.74) is 0.152. The number of hydrogen-bond donors (Lipinski definition) is 0. The molecule has 1 aliphatic rings. The summed E-state index contributed by atoms with van der Waals surface area (Å²) in [5, 5.41) is 0. The molecule has 0 radical (unpaired) electrons. The van der Waals surface area contributed by atoms with Crippen molar-refractivity contribution in [1.82, 2.24) is 4.90 Å². The van der Waals surface area contributed by atoms with Gasteiger partial charge < -0.3 is 14.4 Å².